The molecule has 1 aromatic rings. The molecular weight excluding hydrogens is 1050 g/mol. The number of ketones is 1. The number of amides is 3. The number of nitrogens with one attached hydrogen (secondary N) is 3. The molecule has 5 fully saturated rings. The third-order valence-electron chi connectivity index (χ3n) is 15.4. The summed E-state index contributed by atoms with van der Waals surface area (Å²) in [6.45, 7) is 11.8. The SMILES string of the molecule is CCC1CC(C(=O)CCCNC(=O)CCOCCOCCNC(=O)OCc2ccccc2)C[C@@H](O[C@@H]2O[C@@H](COC(C)=O)[C@@H]3OC(=O)[C@@H](CC4CCCCC4)OC3C2NC(C)=O)[C@@H]1O[C@@H]1OC(C)[C@@H](C)[C@H](OC(C)=O)C1OC(C)=O. The van der Waals surface area contributed by atoms with Crippen molar-refractivity contribution in [2.45, 2.75) is 206 Å². The topological polar surface area (TPSA) is 283 Å². The Morgan fingerprint density at radius 3 is 2.10 bits per heavy atom. The summed E-state index contributed by atoms with van der Waals surface area (Å²) in [6.07, 6.45) is -4.96. The average Bonchev–Trinajstić information content (AvgIpc) is 3.45. The Bertz CT molecular complexity index is 2180. The van der Waals surface area contributed by atoms with E-state index >= 15 is 0 Å². The van der Waals surface area contributed by atoms with Crippen LogP contribution in [0.25, 0.3) is 0 Å². The van der Waals surface area contributed by atoms with Crippen LogP contribution in [-0.2, 0) is 97.0 Å². The maximum Gasteiger partial charge on any atom is 0.407 e. The fourth-order valence-electron chi connectivity index (χ4n) is 11.2. The average molecular weight is 1130 g/mol. The summed E-state index contributed by atoms with van der Waals surface area (Å²) in [5.41, 5.74) is 0.879. The smallest absolute Gasteiger partial charge is 0.407 e. The maximum absolute atomic E-state index is 14.3. The Kier molecular flexibility index (Phi) is 25.8. The van der Waals surface area contributed by atoms with E-state index in [0.29, 0.717) is 25.7 Å². The predicted molar refractivity (Wildman–Crippen MR) is 282 cm³/mol. The van der Waals surface area contributed by atoms with Crippen molar-refractivity contribution in [2.24, 2.45) is 23.7 Å². The third-order valence-corrected chi connectivity index (χ3v) is 15.4. The van der Waals surface area contributed by atoms with Crippen LogP contribution in [0.4, 0.5) is 4.79 Å². The second-order valence-electron chi connectivity index (χ2n) is 21.5. The van der Waals surface area contributed by atoms with Crippen LogP contribution in [-0.4, -0.2) is 167 Å². The molecule has 15 atom stereocenters. The van der Waals surface area contributed by atoms with E-state index in [-0.39, 0.29) is 95.5 Å². The van der Waals surface area contributed by atoms with Crippen LogP contribution in [0.3, 0.4) is 0 Å². The molecule has 3 aliphatic heterocycles. The van der Waals surface area contributed by atoms with E-state index in [1.165, 1.54) is 27.7 Å². The molecule has 80 heavy (non-hydrogen) atoms. The van der Waals surface area contributed by atoms with Gasteiger partial charge in [-0.25, -0.2) is 9.59 Å². The van der Waals surface area contributed by atoms with E-state index in [0.717, 1.165) is 37.7 Å². The zero-order chi connectivity index (χ0) is 57.7. The molecule has 23 nitrogen and oxygen atoms in total. The quantitative estimate of drug-likeness (QED) is 0.0583. The minimum absolute atomic E-state index is 0.0831. The lowest BCUT2D eigenvalue weighted by atomic mass is 9.74. The van der Waals surface area contributed by atoms with E-state index in [2.05, 4.69) is 16.0 Å². The number of carbonyl (C=O) groups excluding carboxylic acids is 8. The number of carbonyl (C=O) groups is 8. The lowest BCUT2D eigenvalue weighted by molar-refractivity contribution is -0.340. The lowest BCUT2D eigenvalue weighted by Crippen LogP contribution is -2.70. The van der Waals surface area contributed by atoms with Crippen LogP contribution in [0.2, 0.25) is 0 Å². The molecule has 3 N–H and O–H groups in total. The number of hydrogen-bond acceptors (Lipinski definition) is 20. The number of Topliss-reactive ketones (excluding diaryl/α,β-unsaturated/α-hetero) is 1. The summed E-state index contributed by atoms with van der Waals surface area (Å²) in [6, 6.07) is 8.25. The molecule has 0 spiro atoms. The highest BCUT2D eigenvalue weighted by molar-refractivity contribution is 5.81. The summed E-state index contributed by atoms with van der Waals surface area (Å²) in [5, 5.41) is 8.40. The number of fused-ring (bicyclic) bond motifs is 1. The van der Waals surface area contributed by atoms with Crippen molar-refractivity contribution in [3.63, 3.8) is 0 Å². The molecule has 5 aliphatic rings. The van der Waals surface area contributed by atoms with E-state index in [4.69, 9.17) is 56.8 Å². The highest BCUT2D eigenvalue weighted by atomic mass is 16.7. The molecule has 2 aliphatic carbocycles. The highest BCUT2D eigenvalue weighted by Crippen LogP contribution is 2.42. The molecule has 23 heteroatoms. The summed E-state index contributed by atoms with van der Waals surface area (Å²) in [5.74, 6) is -4.40. The molecule has 6 rings (SSSR count). The largest absolute Gasteiger partial charge is 0.463 e. The summed E-state index contributed by atoms with van der Waals surface area (Å²) in [4.78, 5) is 103. The monoisotopic (exact) mass is 1130 g/mol. The van der Waals surface area contributed by atoms with Crippen LogP contribution in [0.15, 0.2) is 30.3 Å². The van der Waals surface area contributed by atoms with Crippen LogP contribution >= 0.6 is 0 Å². The van der Waals surface area contributed by atoms with Crippen molar-refractivity contribution in [3.8, 4) is 0 Å². The molecule has 3 saturated heterocycles. The standard InChI is InChI=1S/C57H85N3O20/c1-8-41-29-42(43(65)20-15-22-58-47(66)21-24-69-26-27-70-25-23-59-57(68)72-31-40-18-13-10-14-19-40)30-44(50(41)80-56-53(75-38(7)64)49(74-37(6)63)33(2)34(3)73-56)77-55-48(60-35(4)61)52-51(46(78-55)32-71-36(5)62)79-54(67)45(76-52)28-39-16-11-9-12-17-39/h10,13-14,18-19,33-34,39,41-42,44-46,48-53,55-56H,8-9,11-12,15-17,20-32H2,1-7H3,(H,58,66)(H,59,68)(H,60,61)/t33-,34?,41?,42?,44-,45-,46+,48?,49+,50-,51+,52?,53?,55-,56+/m1/s1. The fourth-order valence-corrected chi connectivity index (χ4v) is 11.2. The minimum Gasteiger partial charge on any atom is -0.463 e. The first-order valence-electron chi connectivity index (χ1n) is 28.5. The van der Waals surface area contributed by atoms with Gasteiger partial charge in [-0.05, 0) is 50.0 Å². The summed E-state index contributed by atoms with van der Waals surface area (Å²) < 4.78 is 72.8. The van der Waals surface area contributed by atoms with Gasteiger partial charge in [0.1, 0.15) is 43.4 Å². The summed E-state index contributed by atoms with van der Waals surface area (Å²) >= 11 is 0. The first-order valence-corrected chi connectivity index (χ1v) is 28.5. The number of benzene rings is 1. The second kappa shape index (κ2) is 32.4. The molecular formula is C57H85N3O20. The van der Waals surface area contributed by atoms with Gasteiger partial charge in [0.15, 0.2) is 30.9 Å². The molecule has 448 valence electrons. The van der Waals surface area contributed by atoms with Gasteiger partial charge in [0.2, 0.25) is 11.8 Å². The molecule has 2 saturated carbocycles. The molecule has 3 amide bonds. The van der Waals surface area contributed by atoms with Gasteiger partial charge in [0.25, 0.3) is 0 Å². The minimum atomic E-state index is -1.35. The van der Waals surface area contributed by atoms with Gasteiger partial charge >= 0.3 is 30.0 Å². The first-order chi connectivity index (χ1) is 38.4. The van der Waals surface area contributed by atoms with Gasteiger partial charge in [-0.2, -0.15) is 0 Å². The molecule has 0 aromatic heterocycles. The van der Waals surface area contributed by atoms with Crippen molar-refractivity contribution in [1.29, 1.82) is 0 Å². The van der Waals surface area contributed by atoms with Crippen molar-refractivity contribution in [1.82, 2.24) is 16.0 Å². The Hall–Kier alpha value is -5.30. The van der Waals surface area contributed by atoms with Gasteiger partial charge in [-0.3, -0.25) is 28.8 Å². The molecule has 1 aromatic carbocycles. The Morgan fingerprint density at radius 1 is 0.700 bits per heavy atom. The number of rotatable bonds is 28. The van der Waals surface area contributed by atoms with E-state index in [1.54, 1.807) is 6.92 Å². The van der Waals surface area contributed by atoms with Crippen LogP contribution < -0.4 is 16.0 Å². The van der Waals surface area contributed by atoms with Crippen LogP contribution in [0.5, 0.6) is 0 Å². The van der Waals surface area contributed by atoms with E-state index < -0.39 is 121 Å². The van der Waals surface area contributed by atoms with Crippen molar-refractivity contribution in [3.05, 3.63) is 35.9 Å². The summed E-state index contributed by atoms with van der Waals surface area (Å²) in [7, 11) is 0. The van der Waals surface area contributed by atoms with Gasteiger partial charge in [0.05, 0.1) is 44.7 Å². The zero-order valence-electron chi connectivity index (χ0n) is 47.4. The number of alkyl carbamates (subject to hydrolysis) is 1. The Labute approximate surface area is 468 Å². The molecule has 0 bridgehead atoms. The van der Waals surface area contributed by atoms with Crippen molar-refractivity contribution in [2.75, 3.05) is 46.1 Å². The van der Waals surface area contributed by atoms with E-state index in [9.17, 15) is 38.4 Å². The highest BCUT2D eigenvalue weighted by Gasteiger charge is 2.57. The predicted octanol–water partition coefficient (Wildman–Crippen LogP) is 4.69. The molecule has 0 radical (unpaired) electrons. The second-order valence-corrected chi connectivity index (χ2v) is 21.5. The van der Waals surface area contributed by atoms with Gasteiger partial charge in [-0.1, -0.05) is 82.7 Å². The number of esters is 4. The maximum atomic E-state index is 14.3. The Balaban J connectivity index is 1.11. The van der Waals surface area contributed by atoms with Crippen molar-refractivity contribution >= 4 is 47.6 Å². The number of ether oxygens (including phenoxy) is 12. The zero-order valence-corrected chi connectivity index (χ0v) is 47.4. The Morgan fingerprint density at radius 2 is 1.41 bits per heavy atom. The van der Waals surface area contributed by atoms with Gasteiger partial charge in [0, 0.05) is 65.5 Å². The lowest BCUT2D eigenvalue weighted by Gasteiger charge is -2.51. The number of hydrogen-bond donors (Lipinski definition) is 3. The normalized spacial score (nSPS) is 30.6. The van der Waals surface area contributed by atoms with Crippen LogP contribution in [0, 0.1) is 23.7 Å². The van der Waals surface area contributed by atoms with Crippen molar-refractivity contribution < 1.29 is 95.2 Å². The van der Waals surface area contributed by atoms with E-state index in [1.807, 2.05) is 44.2 Å². The molecule has 3 heterocycles. The fraction of sp³-hybridized carbons (Fsp3) is 0.754. The van der Waals surface area contributed by atoms with Gasteiger partial charge in [-0.15, -0.1) is 0 Å². The van der Waals surface area contributed by atoms with Crippen LogP contribution in [0.1, 0.15) is 131 Å². The van der Waals surface area contributed by atoms with Gasteiger partial charge < -0.3 is 72.8 Å². The first kappa shape index (κ1) is 63.9. The third kappa shape index (κ3) is 19.7. The molecule has 6 unspecified atom stereocenters.